The molecule has 1 N–H and O–H groups in total. The van der Waals surface area contributed by atoms with Gasteiger partial charge < -0.3 is 24.5 Å². The molecular formula is C28H34ClF3N4O4. The van der Waals surface area contributed by atoms with Crippen molar-refractivity contribution >= 4 is 29.2 Å². The first-order valence-corrected chi connectivity index (χ1v) is 13.4. The van der Waals surface area contributed by atoms with Gasteiger partial charge >= 0.3 is 6.18 Å². The zero-order valence-electron chi connectivity index (χ0n) is 23.0. The molecular weight excluding hydrogens is 549 g/mol. The number of nitrogens with zero attached hydrogens (tertiary/aromatic N) is 4. The van der Waals surface area contributed by atoms with E-state index >= 15 is 0 Å². The predicted octanol–water partition coefficient (Wildman–Crippen LogP) is 4.35. The molecule has 2 amide bonds. The van der Waals surface area contributed by atoms with Crippen molar-refractivity contribution < 1.29 is 32.6 Å². The van der Waals surface area contributed by atoms with E-state index in [4.69, 9.17) is 16.3 Å². The summed E-state index contributed by atoms with van der Waals surface area (Å²) in [5, 5.41) is 10.9. The van der Waals surface area contributed by atoms with Crippen molar-refractivity contribution in [2.45, 2.75) is 37.5 Å². The number of carbonyl (C=O) groups excluding carboxylic acids is 2. The van der Waals surface area contributed by atoms with Crippen LogP contribution in [0.2, 0.25) is 5.15 Å². The van der Waals surface area contributed by atoms with Gasteiger partial charge in [0, 0.05) is 46.3 Å². The Balaban J connectivity index is 1.35. The summed E-state index contributed by atoms with van der Waals surface area (Å²) in [6.45, 7) is 1.56. The van der Waals surface area contributed by atoms with E-state index in [9.17, 15) is 27.9 Å². The third-order valence-electron chi connectivity index (χ3n) is 8.28. The van der Waals surface area contributed by atoms with Gasteiger partial charge in [-0.15, -0.1) is 0 Å². The number of piperidine rings is 1. The normalized spacial score (nSPS) is 19.6. The fourth-order valence-electron chi connectivity index (χ4n) is 5.62. The number of aromatic nitrogens is 1. The van der Waals surface area contributed by atoms with Gasteiger partial charge in [0.2, 0.25) is 0 Å². The van der Waals surface area contributed by atoms with Gasteiger partial charge in [-0.25, -0.2) is 4.98 Å². The van der Waals surface area contributed by atoms with Crippen LogP contribution >= 0.6 is 11.6 Å². The lowest BCUT2D eigenvalue weighted by Gasteiger charge is -2.35. The standard InChI is InChI=1S/C28H34ClF3N4O4/c1-34(2)24(37)21-8-9-22(33-23(21)29)36-14-11-26(12-15-36)17-19(26)10-13-35(3)25(38)27(39,28(30,31)32)18-6-5-7-20(16-18)40-4/h5-9,16,19,39H,10-15,17H2,1-4H3/t19?,27-/m1/s1. The average Bonchev–Trinajstić information content (AvgIpc) is 3.60. The Morgan fingerprint density at radius 2 is 1.85 bits per heavy atom. The van der Waals surface area contributed by atoms with Crippen LogP contribution in [0.15, 0.2) is 36.4 Å². The second-order valence-corrected chi connectivity index (χ2v) is 11.3. The third kappa shape index (κ3) is 5.58. The maximum Gasteiger partial charge on any atom is 0.430 e. The van der Waals surface area contributed by atoms with E-state index in [0.29, 0.717) is 17.8 Å². The second-order valence-electron chi connectivity index (χ2n) is 10.9. The van der Waals surface area contributed by atoms with Crippen molar-refractivity contribution in [1.29, 1.82) is 0 Å². The molecule has 2 aliphatic rings. The van der Waals surface area contributed by atoms with Crippen LogP contribution < -0.4 is 9.64 Å². The molecule has 4 rings (SSSR count). The number of halogens is 4. The van der Waals surface area contributed by atoms with Gasteiger partial charge in [0.05, 0.1) is 12.7 Å². The molecule has 12 heteroatoms. The monoisotopic (exact) mass is 582 g/mol. The van der Waals surface area contributed by atoms with E-state index in [1.807, 2.05) is 0 Å². The zero-order valence-corrected chi connectivity index (χ0v) is 23.7. The summed E-state index contributed by atoms with van der Waals surface area (Å²) in [6.07, 6.45) is -1.98. The highest BCUT2D eigenvalue weighted by Gasteiger charge is 2.62. The van der Waals surface area contributed by atoms with Crippen LogP contribution in [0.5, 0.6) is 5.75 Å². The Kier molecular flexibility index (Phi) is 8.29. The van der Waals surface area contributed by atoms with Crippen molar-refractivity contribution in [3.8, 4) is 5.75 Å². The molecule has 1 aliphatic heterocycles. The van der Waals surface area contributed by atoms with E-state index in [1.165, 1.54) is 31.2 Å². The Hall–Kier alpha value is -3.05. The molecule has 1 saturated carbocycles. The highest BCUT2D eigenvalue weighted by atomic mass is 35.5. The highest BCUT2D eigenvalue weighted by Crippen LogP contribution is 2.61. The summed E-state index contributed by atoms with van der Waals surface area (Å²) in [7, 11) is 5.88. The molecule has 0 radical (unpaired) electrons. The van der Waals surface area contributed by atoms with E-state index in [0.717, 1.165) is 49.4 Å². The predicted molar refractivity (Wildman–Crippen MR) is 144 cm³/mol. The summed E-state index contributed by atoms with van der Waals surface area (Å²) in [4.78, 5) is 34.2. The fraction of sp³-hybridized carbons (Fsp3) is 0.536. The van der Waals surface area contributed by atoms with Crippen molar-refractivity contribution in [1.82, 2.24) is 14.8 Å². The van der Waals surface area contributed by atoms with E-state index in [2.05, 4.69) is 9.88 Å². The molecule has 2 aromatic rings. The SMILES string of the molecule is COc1cccc([C@@](O)(C(=O)N(C)CCC2CC23CCN(c2ccc(C(=O)N(C)C)c(Cl)n2)CC3)C(F)(F)F)c1. The van der Waals surface area contributed by atoms with Crippen LogP contribution in [0.1, 0.15) is 41.6 Å². The number of pyridine rings is 1. The van der Waals surface area contributed by atoms with Crippen LogP contribution in [0.25, 0.3) is 0 Å². The van der Waals surface area contributed by atoms with Crippen molar-refractivity contribution in [3.63, 3.8) is 0 Å². The number of benzene rings is 1. The second kappa shape index (κ2) is 11.1. The van der Waals surface area contributed by atoms with Gasteiger partial charge in [0.1, 0.15) is 16.7 Å². The molecule has 218 valence electrons. The van der Waals surface area contributed by atoms with Gasteiger partial charge in [-0.05, 0) is 61.3 Å². The summed E-state index contributed by atoms with van der Waals surface area (Å²) >= 11 is 6.28. The molecule has 1 unspecified atom stereocenters. The number of ether oxygens (including phenoxy) is 1. The fourth-order valence-corrected chi connectivity index (χ4v) is 5.85. The minimum absolute atomic E-state index is 0.0815. The molecule has 1 aliphatic carbocycles. The Labute approximate surface area is 236 Å². The minimum atomic E-state index is -5.22. The number of rotatable bonds is 8. The first-order valence-electron chi connectivity index (χ1n) is 13.1. The van der Waals surface area contributed by atoms with Crippen LogP contribution in [0.3, 0.4) is 0 Å². The Morgan fingerprint density at radius 3 is 2.42 bits per heavy atom. The quantitative estimate of drug-likeness (QED) is 0.466. The van der Waals surface area contributed by atoms with Gasteiger partial charge in [0.25, 0.3) is 17.4 Å². The first kappa shape index (κ1) is 29.9. The van der Waals surface area contributed by atoms with Gasteiger partial charge in [0.15, 0.2) is 0 Å². The number of alkyl halides is 3. The number of carbonyl (C=O) groups is 2. The van der Waals surface area contributed by atoms with Crippen molar-refractivity contribution in [2.75, 3.05) is 52.8 Å². The third-order valence-corrected chi connectivity index (χ3v) is 8.57. The van der Waals surface area contributed by atoms with Crippen LogP contribution in [-0.4, -0.2) is 85.8 Å². The number of hydrogen-bond acceptors (Lipinski definition) is 6. The van der Waals surface area contributed by atoms with E-state index < -0.39 is 23.2 Å². The van der Waals surface area contributed by atoms with E-state index in [-0.39, 0.29) is 34.7 Å². The van der Waals surface area contributed by atoms with Gasteiger partial charge in [-0.2, -0.15) is 13.2 Å². The van der Waals surface area contributed by atoms with Gasteiger partial charge in [-0.1, -0.05) is 23.7 Å². The summed E-state index contributed by atoms with van der Waals surface area (Å²) in [5.74, 6) is -0.559. The van der Waals surface area contributed by atoms with Crippen LogP contribution in [-0.2, 0) is 10.4 Å². The van der Waals surface area contributed by atoms with E-state index in [1.54, 1.807) is 26.2 Å². The molecule has 1 aromatic heterocycles. The maximum atomic E-state index is 14.1. The van der Waals surface area contributed by atoms with Crippen molar-refractivity contribution in [2.24, 2.45) is 11.3 Å². The van der Waals surface area contributed by atoms with Crippen LogP contribution in [0, 0.1) is 11.3 Å². The lowest BCUT2D eigenvalue weighted by molar-refractivity contribution is -0.261. The number of anilines is 1. The van der Waals surface area contributed by atoms with Crippen LogP contribution in [0.4, 0.5) is 19.0 Å². The lowest BCUT2D eigenvalue weighted by Crippen LogP contribution is -2.55. The number of likely N-dealkylation sites (N-methyl/N-ethyl adjacent to an activating group) is 1. The smallest absolute Gasteiger partial charge is 0.430 e. The number of aliphatic hydroxyl groups is 1. The largest absolute Gasteiger partial charge is 0.497 e. The lowest BCUT2D eigenvalue weighted by atomic mass is 9.89. The first-order chi connectivity index (χ1) is 18.7. The Bertz CT molecular complexity index is 1270. The van der Waals surface area contributed by atoms with Gasteiger partial charge in [-0.3, -0.25) is 9.59 Å². The molecule has 1 saturated heterocycles. The summed E-state index contributed by atoms with van der Waals surface area (Å²) < 4.78 is 47.2. The zero-order chi connectivity index (χ0) is 29.5. The average molecular weight is 583 g/mol. The molecule has 0 bridgehead atoms. The molecule has 2 atom stereocenters. The Morgan fingerprint density at radius 1 is 1.18 bits per heavy atom. The minimum Gasteiger partial charge on any atom is -0.497 e. The number of hydrogen-bond donors (Lipinski definition) is 1. The molecule has 2 fully saturated rings. The molecule has 1 spiro atoms. The molecule has 40 heavy (non-hydrogen) atoms. The highest BCUT2D eigenvalue weighted by molar-refractivity contribution is 6.32. The summed E-state index contributed by atoms with van der Waals surface area (Å²) in [6, 6.07) is 8.31. The maximum absolute atomic E-state index is 14.1. The topological polar surface area (TPSA) is 86.2 Å². The van der Waals surface area contributed by atoms with Crippen molar-refractivity contribution in [3.05, 3.63) is 52.7 Å². The number of amides is 2. The summed E-state index contributed by atoms with van der Waals surface area (Å²) in [5.41, 5.74) is -3.84. The number of methoxy groups -OCH3 is 1. The molecule has 1 aromatic carbocycles. The molecule has 2 heterocycles. The molecule has 8 nitrogen and oxygen atoms in total.